The zero-order chi connectivity index (χ0) is 39.7. The zero-order valence-electron chi connectivity index (χ0n) is 28.2. The van der Waals surface area contributed by atoms with Crippen LogP contribution >= 0.6 is 0 Å². The highest BCUT2D eigenvalue weighted by molar-refractivity contribution is 6.00. The average molecular weight is 776 g/mol. The molecule has 0 spiro atoms. The number of alkyl halides is 9. The smallest absolute Gasteiger partial charge is 0.417 e. The molecule has 0 radical (unpaired) electrons. The predicted molar refractivity (Wildman–Crippen MR) is 175 cm³/mol. The molecule has 1 fully saturated rings. The van der Waals surface area contributed by atoms with Crippen LogP contribution in [-0.2, 0) is 31.0 Å². The van der Waals surface area contributed by atoms with Gasteiger partial charge >= 0.3 is 24.5 Å². The number of anilines is 1. The van der Waals surface area contributed by atoms with Crippen molar-refractivity contribution in [1.29, 1.82) is 0 Å². The Labute approximate surface area is 299 Å². The Balaban J connectivity index is 1.53. The lowest BCUT2D eigenvalue weighted by Crippen LogP contribution is -2.43. The van der Waals surface area contributed by atoms with E-state index in [9.17, 15) is 59.0 Å². The highest BCUT2D eigenvalue weighted by Crippen LogP contribution is 2.37. The summed E-state index contributed by atoms with van der Waals surface area (Å²) in [5.41, 5.74) is -5.09. The number of aryl methyl sites for hydroxylation is 1. The molecule has 1 saturated heterocycles. The van der Waals surface area contributed by atoms with E-state index in [0.717, 1.165) is 23.0 Å². The lowest BCUT2D eigenvalue weighted by Gasteiger charge is -2.28. The molecular weight excluding hydrogens is 744 g/mol. The number of aromatic nitrogens is 2. The van der Waals surface area contributed by atoms with Gasteiger partial charge in [0, 0.05) is 43.5 Å². The number of hydrogen-bond acceptors (Lipinski definition) is 6. The first-order chi connectivity index (χ1) is 25.1. The number of carboxylic acid groups (broad SMARTS) is 1. The summed E-state index contributed by atoms with van der Waals surface area (Å²) >= 11 is 0. The maximum absolute atomic E-state index is 15.8. The van der Waals surface area contributed by atoms with Crippen molar-refractivity contribution in [3.63, 3.8) is 0 Å². The fraction of sp³-hybridized carbons (Fsp3) is 0.371. The molecule has 0 bridgehead atoms. The summed E-state index contributed by atoms with van der Waals surface area (Å²) in [4.78, 5) is 44.7. The normalized spacial score (nSPS) is 14.7. The number of nitrogens with zero attached hydrogens (tertiary/aromatic N) is 4. The van der Waals surface area contributed by atoms with E-state index in [0.29, 0.717) is 38.1 Å². The second kappa shape index (κ2) is 15.3. The highest BCUT2D eigenvalue weighted by Gasteiger charge is 2.39. The van der Waals surface area contributed by atoms with Gasteiger partial charge in [0.05, 0.1) is 22.4 Å². The first-order valence-electron chi connectivity index (χ1n) is 16.2. The first-order valence-corrected chi connectivity index (χ1v) is 16.2. The molecule has 9 nitrogen and oxygen atoms in total. The van der Waals surface area contributed by atoms with Gasteiger partial charge in [-0.2, -0.15) is 39.5 Å². The van der Waals surface area contributed by atoms with Gasteiger partial charge in [-0.25, -0.2) is 9.18 Å². The van der Waals surface area contributed by atoms with Crippen molar-refractivity contribution in [2.75, 3.05) is 31.1 Å². The van der Waals surface area contributed by atoms with Crippen molar-refractivity contribution in [3.8, 4) is 11.3 Å². The van der Waals surface area contributed by atoms with Crippen LogP contribution in [0.3, 0.4) is 0 Å². The van der Waals surface area contributed by atoms with Crippen LogP contribution in [0.1, 0.15) is 39.9 Å². The molecule has 2 N–H and O–H groups in total. The Morgan fingerprint density at radius 3 is 2.17 bits per heavy atom. The van der Waals surface area contributed by atoms with E-state index < -0.39 is 89.7 Å². The molecule has 2 aromatic carbocycles. The third-order valence-electron chi connectivity index (χ3n) is 8.82. The number of halogens is 10. The van der Waals surface area contributed by atoms with Gasteiger partial charge < -0.3 is 19.9 Å². The first kappa shape index (κ1) is 40.0. The average Bonchev–Trinajstić information content (AvgIpc) is 3.56. The number of hydrogen-bond donors (Lipinski definition) is 2. The molecule has 4 aromatic rings. The van der Waals surface area contributed by atoms with Crippen molar-refractivity contribution in [1.82, 2.24) is 19.8 Å². The summed E-state index contributed by atoms with van der Waals surface area (Å²) in [6.07, 6.45) is -12.3. The topological polar surface area (TPSA) is 108 Å². The molecule has 0 unspecified atom stereocenters. The second-order valence-electron chi connectivity index (χ2n) is 12.8. The Morgan fingerprint density at radius 1 is 0.926 bits per heavy atom. The second-order valence-corrected chi connectivity index (χ2v) is 12.8. The Bertz CT molecular complexity index is 2090. The lowest BCUT2D eigenvalue weighted by atomic mass is 9.95. The molecule has 54 heavy (non-hydrogen) atoms. The molecule has 2 aromatic heterocycles. The fourth-order valence-corrected chi connectivity index (χ4v) is 6.46. The van der Waals surface area contributed by atoms with Gasteiger partial charge in [0.25, 0.3) is 11.5 Å². The summed E-state index contributed by atoms with van der Waals surface area (Å²) in [6.45, 7) is -3.57. The van der Waals surface area contributed by atoms with E-state index in [-0.39, 0.29) is 39.0 Å². The number of likely N-dealkylation sites (tertiary alicyclic amines) is 1. The molecular formula is C35H31F10N5O4. The van der Waals surface area contributed by atoms with Gasteiger partial charge in [0.15, 0.2) is 0 Å². The molecule has 0 aliphatic carbocycles. The van der Waals surface area contributed by atoms with Gasteiger partial charge in [-0.15, -0.1) is 0 Å². The SMILES string of the molecule is Cn1ccc(C(F)(F)F)c(-c2nccc3c(C[C@H](NC(=O)c4c(F)cc(N(CC(F)(F)F)CC(F)(F)F)cc4CN4CCCC4)C(=O)O)cccc23)c1=O. The molecule has 290 valence electrons. The Hall–Kier alpha value is -5.20. The van der Waals surface area contributed by atoms with Crippen molar-refractivity contribution in [3.05, 3.63) is 93.3 Å². The lowest BCUT2D eigenvalue weighted by molar-refractivity contribution is -0.139. The Morgan fingerprint density at radius 2 is 1.57 bits per heavy atom. The quantitative estimate of drug-likeness (QED) is 0.163. The number of benzene rings is 2. The maximum atomic E-state index is 15.8. The van der Waals surface area contributed by atoms with E-state index >= 15 is 4.39 Å². The van der Waals surface area contributed by atoms with Crippen LogP contribution in [0.15, 0.2) is 59.7 Å². The number of carbonyl (C=O) groups excluding carboxylic acids is 1. The molecule has 1 atom stereocenters. The van der Waals surface area contributed by atoms with E-state index in [4.69, 9.17) is 0 Å². The van der Waals surface area contributed by atoms with E-state index in [1.807, 2.05) is 0 Å². The van der Waals surface area contributed by atoms with Crippen molar-refractivity contribution < 1.29 is 58.6 Å². The summed E-state index contributed by atoms with van der Waals surface area (Å²) in [5, 5.41) is 12.5. The molecule has 1 aliphatic heterocycles. The molecule has 0 saturated carbocycles. The van der Waals surface area contributed by atoms with Gasteiger partial charge in [-0.1, -0.05) is 18.2 Å². The zero-order valence-corrected chi connectivity index (χ0v) is 28.2. The van der Waals surface area contributed by atoms with Gasteiger partial charge in [0.2, 0.25) is 0 Å². The van der Waals surface area contributed by atoms with Gasteiger partial charge in [-0.3, -0.25) is 19.5 Å². The fourth-order valence-electron chi connectivity index (χ4n) is 6.46. The number of carboxylic acids is 1. The highest BCUT2D eigenvalue weighted by atomic mass is 19.4. The van der Waals surface area contributed by atoms with Crippen molar-refractivity contribution in [2.45, 2.75) is 50.4 Å². The minimum Gasteiger partial charge on any atom is -0.480 e. The van der Waals surface area contributed by atoms with Crippen LogP contribution in [-0.4, -0.2) is 76.0 Å². The van der Waals surface area contributed by atoms with Crippen LogP contribution < -0.4 is 15.8 Å². The van der Waals surface area contributed by atoms with Gasteiger partial charge in [0.1, 0.15) is 24.9 Å². The number of nitrogens with one attached hydrogen (secondary N) is 1. The Kier molecular flexibility index (Phi) is 11.3. The number of pyridine rings is 2. The van der Waals surface area contributed by atoms with Crippen LogP contribution in [0.2, 0.25) is 0 Å². The minimum absolute atomic E-state index is 0.0380. The minimum atomic E-state index is -5.11. The van der Waals surface area contributed by atoms with E-state index in [1.165, 1.54) is 31.3 Å². The van der Waals surface area contributed by atoms with Crippen molar-refractivity contribution >= 4 is 28.3 Å². The third kappa shape index (κ3) is 9.29. The number of rotatable bonds is 11. The monoisotopic (exact) mass is 775 g/mol. The molecule has 19 heteroatoms. The van der Waals surface area contributed by atoms with Crippen LogP contribution in [0.4, 0.5) is 49.6 Å². The molecule has 1 amide bonds. The number of carbonyl (C=O) groups is 2. The number of fused-ring (bicyclic) bond motifs is 1. The third-order valence-corrected chi connectivity index (χ3v) is 8.82. The summed E-state index contributed by atoms with van der Waals surface area (Å²) in [7, 11) is 1.25. The van der Waals surface area contributed by atoms with Crippen LogP contribution in [0.25, 0.3) is 22.0 Å². The summed E-state index contributed by atoms with van der Waals surface area (Å²) in [5.74, 6) is -4.46. The van der Waals surface area contributed by atoms with E-state index in [2.05, 4.69) is 10.3 Å². The predicted octanol–water partition coefficient (Wildman–Crippen LogP) is 6.71. The van der Waals surface area contributed by atoms with Crippen molar-refractivity contribution in [2.24, 2.45) is 7.05 Å². The number of amides is 1. The maximum Gasteiger partial charge on any atom is 0.417 e. The van der Waals surface area contributed by atoms with E-state index in [1.54, 1.807) is 4.90 Å². The molecule has 5 rings (SSSR count). The van der Waals surface area contributed by atoms with Crippen LogP contribution in [0.5, 0.6) is 0 Å². The standard InChI is InChI=1S/C35H31F10N5O4/c1-48-12-8-24(35(43,44)45)28(31(48)52)29-23-6-4-5-19(22(23)7-9-46-29)14-26(32(53)54)47-30(51)27-20(16-49-10-2-3-11-49)13-21(15-25(27)36)50(17-33(37,38)39)18-34(40,41)42/h4-9,12-13,15,26H,2-3,10-11,14,16-18H2,1H3,(H,47,51)(H,53,54)/t26-/m0/s1. The van der Waals surface area contributed by atoms with Crippen LogP contribution in [0, 0.1) is 5.82 Å². The summed E-state index contributed by atoms with van der Waals surface area (Å²) in [6, 6.07) is 5.56. The largest absolute Gasteiger partial charge is 0.480 e. The van der Waals surface area contributed by atoms with Gasteiger partial charge in [-0.05, 0) is 66.7 Å². The molecule has 3 heterocycles. The summed E-state index contributed by atoms with van der Waals surface area (Å²) < 4.78 is 139. The number of aliphatic carboxylic acids is 1. The molecule has 1 aliphatic rings.